The molecule has 0 aromatic carbocycles. The molecule has 0 unspecified atom stereocenters. The molecule has 0 aromatic rings. The molecule has 1 aliphatic rings. The van der Waals surface area contributed by atoms with E-state index in [0.29, 0.717) is 0 Å². The fourth-order valence-corrected chi connectivity index (χ4v) is 2.49. The highest BCUT2D eigenvalue weighted by molar-refractivity contribution is 9.11. The molecule has 0 saturated carbocycles. The van der Waals surface area contributed by atoms with Gasteiger partial charge < -0.3 is 0 Å². The van der Waals surface area contributed by atoms with Crippen molar-refractivity contribution in [1.82, 2.24) is 0 Å². The predicted octanol–water partition coefficient (Wildman–Crippen LogP) is 1.36. The van der Waals surface area contributed by atoms with Crippen molar-refractivity contribution in [3.8, 4) is 0 Å². The molecule has 3 nitrogen and oxygen atoms in total. The monoisotopic (exact) mass is 227 g/mol. The summed E-state index contributed by atoms with van der Waals surface area (Å²) < 4.78 is 33.8. The highest BCUT2D eigenvalue weighted by Crippen LogP contribution is 2.34. The van der Waals surface area contributed by atoms with Crippen LogP contribution in [0.4, 0.5) is 0 Å². The summed E-state index contributed by atoms with van der Waals surface area (Å²) >= 11 is 2.99. The third-order valence-electron chi connectivity index (χ3n) is 1.06. The molecule has 0 spiro atoms. The van der Waals surface area contributed by atoms with E-state index in [1.165, 1.54) is 0 Å². The van der Waals surface area contributed by atoms with Crippen molar-refractivity contribution in [2.24, 2.45) is 0 Å². The standard InChI is InChI=1S/C5H7BrO3S/c1-5(2)4(6)3-10(7,8)9-5/h3H,1-2H3/i3D. The van der Waals surface area contributed by atoms with Gasteiger partial charge in [0.25, 0.3) is 10.1 Å². The summed E-state index contributed by atoms with van der Waals surface area (Å²) in [6, 6.07) is 0. The average molecular weight is 228 g/mol. The fraction of sp³-hybridized carbons (Fsp3) is 0.600. The summed E-state index contributed by atoms with van der Waals surface area (Å²) in [5, 5.41) is -0.484. The maximum absolute atomic E-state index is 10.9. The van der Waals surface area contributed by atoms with Gasteiger partial charge >= 0.3 is 0 Å². The Balaban J connectivity index is 3.31. The minimum Gasteiger partial charge on any atom is -0.255 e. The van der Waals surface area contributed by atoms with Gasteiger partial charge in [0.05, 0.1) is 6.75 Å². The lowest BCUT2D eigenvalue weighted by atomic mass is 10.1. The number of rotatable bonds is 0. The van der Waals surface area contributed by atoms with Crippen molar-refractivity contribution in [1.29, 1.82) is 0 Å². The molecule has 0 fully saturated rings. The van der Waals surface area contributed by atoms with Crippen LogP contribution < -0.4 is 0 Å². The Morgan fingerprint density at radius 1 is 1.80 bits per heavy atom. The second-order valence-electron chi connectivity index (χ2n) is 2.46. The Morgan fingerprint density at radius 2 is 2.30 bits per heavy atom. The van der Waals surface area contributed by atoms with Crippen LogP contribution in [-0.2, 0) is 14.3 Å². The van der Waals surface area contributed by atoms with Crippen LogP contribution in [0.5, 0.6) is 0 Å². The van der Waals surface area contributed by atoms with E-state index in [2.05, 4.69) is 20.1 Å². The maximum atomic E-state index is 10.9. The molecule has 1 rings (SSSR count). The third-order valence-corrected chi connectivity index (χ3v) is 3.57. The van der Waals surface area contributed by atoms with E-state index in [0.717, 1.165) is 0 Å². The first-order chi connectivity index (χ1) is 4.77. The van der Waals surface area contributed by atoms with Crippen molar-refractivity contribution in [3.05, 3.63) is 9.87 Å². The smallest absolute Gasteiger partial charge is 0.255 e. The zero-order valence-electron chi connectivity index (χ0n) is 6.51. The normalized spacial score (nSPS) is 30.5. The minimum absolute atomic E-state index is 0.269. The SMILES string of the molecule is [2H]C1=C(Br)C(C)(C)OS1(=O)=O. The zero-order chi connectivity index (χ0) is 8.86. The Kier molecular flexibility index (Phi) is 1.40. The van der Waals surface area contributed by atoms with Crippen LogP contribution in [0.25, 0.3) is 0 Å². The first-order valence-corrected chi connectivity index (χ1v) is 4.80. The van der Waals surface area contributed by atoms with Crippen LogP contribution >= 0.6 is 15.9 Å². The molecular formula is C5H7BrO3S. The zero-order valence-corrected chi connectivity index (χ0v) is 7.91. The Morgan fingerprint density at radius 3 is 2.40 bits per heavy atom. The molecule has 0 aromatic heterocycles. The van der Waals surface area contributed by atoms with Crippen molar-refractivity contribution < 1.29 is 14.0 Å². The van der Waals surface area contributed by atoms with Gasteiger partial charge in [-0.25, -0.2) is 0 Å². The Bertz CT molecular complexity index is 317. The first-order valence-electron chi connectivity index (χ1n) is 3.10. The van der Waals surface area contributed by atoms with E-state index in [-0.39, 0.29) is 4.48 Å². The van der Waals surface area contributed by atoms with Gasteiger partial charge in [0.2, 0.25) is 0 Å². The summed E-state index contributed by atoms with van der Waals surface area (Å²) in [6.07, 6.45) is 0. The molecule has 0 saturated heterocycles. The van der Waals surface area contributed by atoms with Crippen LogP contribution in [-0.4, -0.2) is 14.0 Å². The lowest BCUT2D eigenvalue weighted by Gasteiger charge is -2.14. The highest BCUT2D eigenvalue weighted by Gasteiger charge is 2.35. The summed E-state index contributed by atoms with van der Waals surface area (Å²) in [5.41, 5.74) is -0.921. The van der Waals surface area contributed by atoms with Gasteiger partial charge in [0, 0.05) is 4.48 Å². The molecule has 0 radical (unpaired) electrons. The second-order valence-corrected chi connectivity index (χ2v) is 4.54. The fourth-order valence-electron chi connectivity index (χ4n) is 0.564. The molecule has 1 aliphatic heterocycles. The molecule has 58 valence electrons. The van der Waals surface area contributed by atoms with Crippen molar-refractivity contribution in [3.63, 3.8) is 0 Å². The molecule has 0 aliphatic carbocycles. The Hall–Kier alpha value is 0.130. The van der Waals surface area contributed by atoms with Gasteiger partial charge in [-0.05, 0) is 13.8 Å². The lowest BCUT2D eigenvalue weighted by Crippen LogP contribution is -2.20. The van der Waals surface area contributed by atoms with Crippen molar-refractivity contribution in [2.75, 3.05) is 0 Å². The van der Waals surface area contributed by atoms with Gasteiger partial charge in [0.1, 0.15) is 5.60 Å². The average Bonchev–Trinajstić information content (AvgIpc) is 1.91. The van der Waals surface area contributed by atoms with E-state index >= 15 is 0 Å². The molecule has 0 N–H and O–H groups in total. The summed E-state index contributed by atoms with van der Waals surface area (Å²) in [5.74, 6) is 0. The molecule has 0 atom stereocenters. The van der Waals surface area contributed by atoms with E-state index in [1.54, 1.807) is 13.8 Å². The number of halogens is 1. The predicted molar refractivity (Wildman–Crippen MR) is 41.1 cm³/mol. The van der Waals surface area contributed by atoms with Crippen LogP contribution in [0.2, 0.25) is 0 Å². The summed E-state index contributed by atoms with van der Waals surface area (Å²) in [7, 11) is -3.78. The topological polar surface area (TPSA) is 43.4 Å². The van der Waals surface area contributed by atoms with Crippen molar-refractivity contribution >= 4 is 26.0 Å². The molecular weight excluding hydrogens is 220 g/mol. The van der Waals surface area contributed by atoms with E-state index in [1.807, 2.05) is 0 Å². The molecule has 0 bridgehead atoms. The minimum atomic E-state index is -3.78. The van der Waals surface area contributed by atoms with Crippen molar-refractivity contribution in [2.45, 2.75) is 19.4 Å². The molecule has 1 heterocycles. The highest BCUT2D eigenvalue weighted by atomic mass is 79.9. The van der Waals surface area contributed by atoms with Crippen LogP contribution in [0.1, 0.15) is 15.2 Å². The van der Waals surface area contributed by atoms with Gasteiger partial charge in [-0.15, -0.1) is 0 Å². The molecule has 0 amide bonds. The van der Waals surface area contributed by atoms with Gasteiger partial charge in [-0.2, -0.15) is 8.42 Å². The quantitative estimate of drug-likeness (QED) is 0.588. The summed E-state index contributed by atoms with van der Waals surface area (Å²) in [4.78, 5) is 0. The van der Waals surface area contributed by atoms with Crippen LogP contribution in [0.3, 0.4) is 0 Å². The van der Waals surface area contributed by atoms with E-state index < -0.39 is 21.1 Å². The van der Waals surface area contributed by atoms with Gasteiger partial charge in [-0.1, -0.05) is 15.9 Å². The second kappa shape index (κ2) is 2.06. The van der Waals surface area contributed by atoms with Gasteiger partial charge in [-0.3, -0.25) is 4.18 Å². The molecule has 5 heteroatoms. The molecule has 10 heavy (non-hydrogen) atoms. The van der Waals surface area contributed by atoms with E-state index in [4.69, 9.17) is 1.37 Å². The first kappa shape index (κ1) is 6.82. The largest absolute Gasteiger partial charge is 0.291 e. The van der Waals surface area contributed by atoms with Crippen LogP contribution in [0.15, 0.2) is 9.87 Å². The number of hydrogen-bond acceptors (Lipinski definition) is 3. The van der Waals surface area contributed by atoms with E-state index in [9.17, 15) is 8.42 Å². The van der Waals surface area contributed by atoms with Crippen LogP contribution in [0, 0.1) is 0 Å². The Labute approximate surface area is 69.7 Å². The number of hydrogen-bond donors (Lipinski definition) is 0. The third kappa shape index (κ3) is 1.41. The summed E-state index contributed by atoms with van der Waals surface area (Å²) in [6.45, 7) is 3.16. The van der Waals surface area contributed by atoms with Gasteiger partial charge in [0.15, 0.2) is 0 Å². The lowest BCUT2D eigenvalue weighted by molar-refractivity contribution is 0.181. The maximum Gasteiger partial charge on any atom is 0.291 e.